The normalized spacial score (nSPS) is 21.7. The van der Waals surface area contributed by atoms with Crippen molar-refractivity contribution in [2.45, 2.75) is 36.0 Å². The molecule has 0 aliphatic carbocycles. The van der Waals surface area contributed by atoms with Gasteiger partial charge in [0, 0.05) is 43.3 Å². The number of amides is 1. The highest BCUT2D eigenvalue weighted by Crippen LogP contribution is 2.39. The Balaban J connectivity index is 1.45. The van der Waals surface area contributed by atoms with Gasteiger partial charge in [-0.25, -0.2) is 4.98 Å². The van der Waals surface area contributed by atoms with Crippen LogP contribution in [0, 0.1) is 23.7 Å². The Bertz CT molecular complexity index is 1470. The fraction of sp³-hybridized carbons (Fsp3) is 0.519. The number of alkyl halides is 3. The number of carbonyl (C=O) groups is 1. The van der Waals surface area contributed by atoms with Gasteiger partial charge in [0.25, 0.3) is 5.91 Å². The van der Waals surface area contributed by atoms with Crippen LogP contribution in [0.15, 0.2) is 29.6 Å². The minimum atomic E-state index is -4.58. The van der Waals surface area contributed by atoms with E-state index in [9.17, 15) is 22.4 Å². The molecule has 5 rings (SSSR count). The molecule has 3 aromatic heterocycles. The van der Waals surface area contributed by atoms with Gasteiger partial charge in [0.15, 0.2) is 5.65 Å². The Hall–Kier alpha value is -3.32. The first kappa shape index (κ1) is 30.1. The van der Waals surface area contributed by atoms with E-state index in [2.05, 4.69) is 44.5 Å². The van der Waals surface area contributed by atoms with Crippen LogP contribution in [0.2, 0.25) is 0 Å². The van der Waals surface area contributed by atoms with Crippen molar-refractivity contribution in [3.8, 4) is 11.8 Å². The number of halogens is 4. The van der Waals surface area contributed by atoms with Crippen molar-refractivity contribution in [3.05, 3.63) is 41.7 Å². The lowest BCUT2D eigenvalue weighted by atomic mass is 9.89. The first-order chi connectivity index (χ1) is 20.2. The van der Waals surface area contributed by atoms with Gasteiger partial charge in [0.2, 0.25) is 5.95 Å². The lowest BCUT2D eigenvalue weighted by Crippen LogP contribution is -2.45. The van der Waals surface area contributed by atoms with Gasteiger partial charge in [-0.05, 0) is 50.4 Å². The maximum Gasteiger partial charge on any atom is 0.447 e. The van der Waals surface area contributed by atoms with Gasteiger partial charge in [-0.3, -0.25) is 13.9 Å². The molecule has 2 atom stereocenters. The maximum absolute atomic E-state index is 14.3. The van der Waals surface area contributed by atoms with Crippen molar-refractivity contribution in [2.75, 3.05) is 58.4 Å². The van der Waals surface area contributed by atoms with Crippen LogP contribution in [0.3, 0.4) is 0 Å². The summed E-state index contributed by atoms with van der Waals surface area (Å²) in [5, 5.41) is 9.52. The summed E-state index contributed by atoms with van der Waals surface area (Å²) in [7, 11) is 2.06. The number of pyridine rings is 1. The number of carbonyl (C=O) groups excluding carboxylic acids is 1. The summed E-state index contributed by atoms with van der Waals surface area (Å²) in [6.45, 7) is 3.23. The van der Waals surface area contributed by atoms with E-state index in [1.165, 1.54) is 21.5 Å². The average molecular weight is 610 g/mol. The highest BCUT2D eigenvalue weighted by atomic mass is 32.2. The molecular weight excluding hydrogens is 578 g/mol. The SMILES string of the molecule is CN1CC[C@@H]2Nc3cccn4c(SC(F)(F)F)c(nc34)C#CCNC(=O)c3cn(nc3F)CCOCCOCC[C@H]2C1. The smallest absolute Gasteiger partial charge is 0.379 e. The average Bonchev–Trinajstić information content (AvgIpc) is 3.48. The van der Waals surface area contributed by atoms with Crippen LogP contribution in [0.5, 0.6) is 0 Å². The number of fused-ring (bicyclic) bond motifs is 4. The second-order valence-electron chi connectivity index (χ2n) is 10.1. The zero-order valence-electron chi connectivity index (χ0n) is 22.9. The van der Waals surface area contributed by atoms with Crippen LogP contribution in [-0.4, -0.2) is 94.6 Å². The van der Waals surface area contributed by atoms with E-state index in [0.717, 1.165) is 25.9 Å². The quantitative estimate of drug-likeness (QED) is 0.247. The highest BCUT2D eigenvalue weighted by molar-refractivity contribution is 8.00. The molecule has 2 aliphatic rings. The minimum absolute atomic E-state index is 0.0631. The molecule has 10 nitrogen and oxygen atoms in total. The monoisotopic (exact) mass is 609 g/mol. The van der Waals surface area contributed by atoms with Crippen molar-refractivity contribution < 1.29 is 31.8 Å². The first-order valence-electron chi connectivity index (χ1n) is 13.6. The van der Waals surface area contributed by atoms with Gasteiger partial charge in [-0.2, -0.15) is 17.6 Å². The summed E-state index contributed by atoms with van der Waals surface area (Å²) in [6.07, 6.45) is 4.40. The maximum atomic E-state index is 14.3. The topological polar surface area (TPSA) is 98.0 Å². The predicted octanol–water partition coefficient (Wildman–Crippen LogP) is 3.23. The summed E-state index contributed by atoms with van der Waals surface area (Å²) >= 11 is -0.302. The van der Waals surface area contributed by atoms with Crippen LogP contribution in [0.4, 0.5) is 23.2 Å². The Morgan fingerprint density at radius 3 is 2.76 bits per heavy atom. The number of piperidine rings is 1. The molecule has 5 heterocycles. The summed E-state index contributed by atoms with van der Waals surface area (Å²) in [5.41, 5.74) is -4.01. The first-order valence-corrected chi connectivity index (χ1v) is 14.4. The van der Waals surface area contributed by atoms with Crippen LogP contribution >= 0.6 is 11.8 Å². The Kier molecular flexibility index (Phi) is 9.57. The van der Waals surface area contributed by atoms with E-state index in [-0.39, 0.29) is 59.7 Å². The molecule has 1 saturated heterocycles. The van der Waals surface area contributed by atoms with E-state index in [4.69, 9.17) is 9.47 Å². The standard InChI is InChI=1S/C27H31F4N7O3S/c1-36-10-6-20-18(16-36)7-12-40-14-15-41-13-11-37-17-19(23(28)35-37)25(39)32-8-2-4-22-26(42-27(29,30)31)38-9-3-5-21(33-20)24(38)34-22/h3,5,9,17-18,20,33H,6-8,10-16H2,1H3,(H,32,39)/t18-,20-/m0/s1. The second kappa shape index (κ2) is 13.3. The van der Waals surface area contributed by atoms with Crippen LogP contribution in [0.25, 0.3) is 5.65 Å². The molecule has 0 spiro atoms. The number of ether oxygens (including phenoxy) is 2. The van der Waals surface area contributed by atoms with Gasteiger partial charge in [0.1, 0.15) is 16.3 Å². The molecule has 0 aromatic carbocycles. The largest absolute Gasteiger partial charge is 0.447 e. The molecule has 0 radical (unpaired) electrons. The number of nitrogens with zero attached hydrogens (tertiary/aromatic N) is 5. The number of likely N-dealkylation sites (tertiary alicyclic amines) is 1. The number of hydrogen-bond acceptors (Lipinski definition) is 8. The molecule has 0 saturated carbocycles. The molecule has 2 aliphatic heterocycles. The molecule has 3 aromatic rings. The third kappa shape index (κ3) is 7.54. The summed E-state index contributed by atoms with van der Waals surface area (Å²) in [5.74, 6) is 3.84. The van der Waals surface area contributed by atoms with Crippen LogP contribution in [0.1, 0.15) is 28.9 Å². The van der Waals surface area contributed by atoms with Crippen molar-refractivity contribution in [3.63, 3.8) is 0 Å². The number of anilines is 1. The van der Waals surface area contributed by atoms with E-state index in [0.29, 0.717) is 31.2 Å². The van der Waals surface area contributed by atoms with E-state index in [1.54, 1.807) is 12.1 Å². The van der Waals surface area contributed by atoms with Crippen molar-refractivity contribution in [1.29, 1.82) is 0 Å². The molecule has 226 valence electrons. The number of rotatable bonds is 1. The molecule has 15 heteroatoms. The van der Waals surface area contributed by atoms with Crippen LogP contribution < -0.4 is 10.6 Å². The Labute approximate surface area is 244 Å². The molecule has 0 unspecified atom stereocenters. The number of hydrogen-bond donors (Lipinski definition) is 2. The third-order valence-electron chi connectivity index (χ3n) is 7.07. The van der Waals surface area contributed by atoms with Crippen molar-refractivity contribution in [1.82, 2.24) is 29.4 Å². The summed E-state index contributed by atoms with van der Waals surface area (Å²) in [6, 6.07) is 3.52. The third-order valence-corrected chi connectivity index (χ3v) is 7.89. The van der Waals surface area contributed by atoms with Crippen molar-refractivity contribution >= 4 is 29.0 Å². The van der Waals surface area contributed by atoms with E-state index < -0.39 is 17.4 Å². The molecule has 1 amide bonds. The Morgan fingerprint density at radius 2 is 1.95 bits per heavy atom. The zero-order valence-corrected chi connectivity index (χ0v) is 23.7. The van der Waals surface area contributed by atoms with Crippen molar-refractivity contribution in [2.24, 2.45) is 5.92 Å². The fourth-order valence-electron chi connectivity index (χ4n) is 5.07. The minimum Gasteiger partial charge on any atom is -0.379 e. The summed E-state index contributed by atoms with van der Waals surface area (Å²) < 4.78 is 68.9. The lowest BCUT2D eigenvalue weighted by molar-refractivity contribution is -0.0330. The highest BCUT2D eigenvalue weighted by Gasteiger charge is 2.34. The molecule has 1 fully saturated rings. The number of aromatic nitrogens is 4. The molecule has 2 N–H and O–H groups in total. The zero-order chi connectivity index (χ0) is 29.7. The molecule has 4 bridgehead atoms. The van der Waals surface area contributed by atoms with Gasteiger partial charge in [-0.1, -0.05) is 5.92 Å². The number of imidazole rings is 1. The van der Waals surface area contributed by atoms with Gasteiger partial charge < -0.3 is 25.0 Å². The van der Waals surface area contributed by atoms with Gasteiger partial charge in [0.05, 0.1) is 38.6 Å². The van der Waals surface area contributed by atoms with Gasteiger partial charge in [-0.15, -0.1) is 5.10 Å². The summed E-state index contributed by atoms with van der Waals surface area (Å²) in [4.78, 5) is 19.2. The van der Waals surface area contributed by atoms with Crippen LogP contribution in [-0.2, 0) is 16.0 Å². The second-order valence-corrected chi connectivity index (χ2v) is 11.1. The number of nitrogens with one attached hydrogen (secondary N) is 2. The van der Waals surface area contributed by atoms with Gasteiger partial charge >= 0.3 is 5.51 Å². The van der Waals surface area contributed by atoms with E-state index >= 15 is 0 Å². The fourth-order valence-corrected chi connectivity index (χ4v) is 5.73. The Morgan fingerprint density at radius 1 is 1.14 bits per heavy atom. The number of thioether (sulfide) groups is 1. The van der Waals surface area contributed by atoms with E-state index in [1.807, 2.05) is 0 Å². The molecular formula is C27H31F4N7O3S. The molecule has 42 heavy (non-hydrogen) atoms. The predicted molar refractivity (Wildman–Crippen MR) is 148 cm³/mol. The lowest BCUT2D eigenvalue weighted by Gasteiger charge is -2.37.